The maximum Gasteiger partial charge on any atom is 0.271 e. The van der Waals surface area contributed by atoms with Crippen LogP contribution in [0.25, 0.3) is 0 Å². The molecule has 60 valence electrons. The molecule has 0 rings (SSSR count). The molecule has 10 heavy (non-hydrogen) atoms. The van der Waals surface area contributed by atoms with Gasteiger partial charge in [0.2, 0.25) is 0 Å². The van der Waals surface area contributed by atoms with Gasteiger partial charge in [-0.1, -0.05) is 31.9 Å². The summed E-state index contributed by atoms with van der Waals surface area (Å²) in [6, 6.07) is 0. The first-order valence-corrected chi connectivity index (χ1v) is 5.00. The fourth-order valence-electron chi connectivity index (χ4n) is 0.517. The fourth-order valence-corrected chi connectivity index (χ4v) is 1.40. The number of hydrogen-bond acceptors (Lipinski definition) is 2. The third-order valence-electron chi connectivity index (χ3n) is 0.943. The first kappa shape index (κ1) is 10.3. The highest BCUT2D eigenvalue weighted by atomic mass is 79.9. The van der Waals surface area contributed by atoms with Gasteiger partial charge in [0, 0.05) is 16.2 Å². The van der Waals surface area contributed by atoms with Crippen molar-refractivity contribution in [2.45, 2.75) is 17.7 Å². The molecule has 0 spiro atoms. The average Bonchev–Trinajstić information content (AvgIpc) is 1.82. The molecule has 0 fully saturated rings. The zero-order valence-electron chi connectivity index (χ0n) is 5.43. The quantitative estimate of drug-likeness (QED) is 0.611. The van der Waals surface area contributed by atoms with Crippen molar-refractivity contribution in [1.29, 1.82) is 0 Å². The Balaban J connectivity index is 3.43. The summed E-state index contributed by atoms with van der Waals surface area (Å²) in [7, 11) is 0. The number of aliphatic hydroxyl groups is 2. The van der Waals surface area contributed by atoms with Crippen LogP contribution in [0, 0.1) is 0 Å². The van der Waals surface area contributed by atoms with Gasteiger partial charge in [-0.05, 0) is 12.8 Å². The minimum atomic E-state index is -0.614. The van der Waals surface area contributed by atoms with Crippen LogP contribution in [0.3, 0.4) is 0 Å². The molecule has 0 heterocycles. The van der Waals surface area contributed by atoms with Crippen molar-refractivity contribution in [1.82, 2.24) is 0 Å². The summed E-state index contributed by atoms with van der Waals surface area (Å²) >= 11 is 6.54. The van der Waals surface area contributed by atoms with Crippen LogP contribution < -0.4 is 0 Å². The summed E-state index contributed by atoms with van der Waals surface area (Å²) in [5.41, 5.74) is 0. The minimum absolute atomic E-state index is 0.0649. The topological polar surface area (TPSA) is 40.5 Å². The number of allylic oxidation sites excluding steroid dienone is 1. The normalized spacial score (nSPS) is 12.6. The van der Waals surface area contributed by atoms with Gasteiger partial charge in [-0.2, -0.15) is 0 Å². The molecule has 0 aromatic carbocycles. The van der Waals surface area contributed by atoms with Gasteiger partial charge in [-0.3, -0.25) is 0 Å². The van der Waals surface area contributed by atoms with Gasteiger partial charge in [0.1, 0.15) is 0 Å². The Hall–Kier alpha value is 0.300. The molecule has 2 nitrogen and oxygen atoms in total. The smallest absolute Gasteiger partial charge is 0.271 e. The molecule has 0 radical (unpaired) electrons. The van der Waals surface area contributed by atoms with E-state index in [0.717, 1.165) is 18.2 Å². The second kappa shape index (κ2) is 6.04. The highest BCUT2D eigenvalue weighted by molar-refractivity contribution is 9.09. The van der Waals surface area contributed by atoms with Crippen LogP contribution in [0.1, 0.15) is 12.8 Å². The predicted octanol–water partition coefficient (Wildman–Crippen LogP) is 2.88. The lowest BCUT2D eigenvalue weighted by atomic mass is 10.2. The van der Waals surface area contributed by atoms with Gasteiger partial charge in [0.25, 0.3) is 5.95 Å². The summed E-state index contributed by atoms with van der Waals surface area (Å²) in [4.78, 5) is 0.0649. The van der Waals surface area contributed by atoms with Gasteiger partial charge in [-0.25, -0.2) is 0 Å². The number of rotatable bonds is 4. The lowest BCUT2D eigenvalue weighted by Gasteiger charge is -2.00. The third kappa shape index (κ3) is 6.42. The molecule has 0 amide bonds. The molecular weight excluding hydrogens is 264 g/mol. The first-order chi connectivity index (χ1) is 4.66. The van der Waals surface area contributed by atoms with E-state index < -0.39 is 5.95 Å². The molecule has 0 saturated heterocycles. The lowest BCUT2D eigenvalue weighted by Crippen LogP contribution is -1.95. The third-order valence-corrected chi connectivity index (χ3v) is 2.23. The number of aliphatic hydroxyl groups excluding tert-OH is 1. The van der Waals surface area contributed by atoms with Crippen LogP contribution in [-0.4, -0.2) is 20.4 Å². The monoisotopic (exact) mass is 272 g/mol. The number of halogens is 2. The number of alkyl halides is 2. The molecule has 0 aromatic rings. The Bertz CT molecular complexity index is 110. The molecule has 0 bridgehead atoms. The molecule has 0 aliphatic carbocycles. The van der Waals surface area contributed by atoms with Gasteiger partial charge < -0.3 is 10.2 Å². The van der Waals surface area contributed by atoms with Crippen LogP contribution in [0.4, 0.5) is 0 Å². The lowest BCUT2D eigenvalue weighted by molar-refractivity contribution is 0.189. The van der Waals surface area contributed by atoms with Gasteiger partial charge in [0.15, 0.2) is 0 Å². The van der Waals surface area contributed by atoms with Crippen molar-refractivity contribution in [3.63, 3.8) is 0 Å². The van der Waals surface area contributed by atoms with Crippen LogP contribution in [-0.2, 0) is 0 Å². The molecular formula is C6H10Br2O2. The van der Waals surface area contributed by atoms with E-state index in [1.54, 1.807) is 0 Å². The summed E-state index contributed by atoms with van der Waals surface area (Å²) in [6.45, 7) is 0. The second-order valence-electron chi connectivity index (χ2n) is 1.87. The number of hydrogen-bond donors (Lipinski definition) is 2. The van der Waals surface area contributed by atoms with Crippen LogP contribution in [0.2, 0.25) is 0 Å². The fraction of sp³-hybridized carbons (Fsp3) is 0.667. The molecule has 0 aliphatic heterocycles. The van der Waals surface area contributed by atoms with Crippen molar-refractivity contribution in [3.8, 4) is 0 Å². The van der Waals surface area contributed by atoms with Crippen LogP contribution in [0.5, 0.6) is 0 Å². The highest BCUT2D eigenvalue weighted by Gasteiger charge is 2.00. The molecule has 0 saturated carbocycles. The van der Waals surface area contributed by atoms with Gasteiger partial charge in [-0.15, -0.1) is 0 Å². The maximum absolute atomic E-state index is 8.40. The summed E-state index contributed by atoms with van der Waals surface area (Å²) < 4.78 is 0. The molecule has 0 aliphatic rings. The van der Waals surface area contributed by atoms with E-state index in [9.17, 15) is 0 Å². The highest BCUT2D eigenvalue weighted by Crippen LogP contribution is 2.11. The largest absolute Gasteiger partial charge is 0.481 e. The maximum atomic E-state index is 8.40. The van der Waals surface area contributed by atoms with Crippen molar-refractivity contribution in [2.75, 3.05) is 5.33 Å². The van der Waals surface area contributed by atoms with E-state index in [-0.39, 0.29) is 4.83 Å². The van der Waals surface area contributed by atoms with Crippen molar-refractivity contribution in [2.24, 2.45) is 0 Å². The Labute approximate surface area is 77.2 Å². The molecule has 4 heteroatoms. The van der Waals surface area contributed by atoms with Crippen LogP contribution >= 0.6 is 31.9 Å². The van der Waals surface area contributed by atoms with Crippen molar-refractivity contribution >= 4 is 31.9 Å². The SMILES string of the molecule is OC(O)=CC(Br)CCCBr. The van der Waals surface area contributed by atoms with E-state index in [1.807, 2.05) is 0 Å². The Kier molecular flexibility index (Phi) is 6.22. The zero-order valence-corrected chi connectivity index (χ0v) is 8.60. The first-order valence-electron chi connectivity index (χ1n) is 2.96. The second-order valence-corrected chi connectivity index (χ2v) is 3.84. The predicted molar refractivity (Wildman–Crippen MR) is 49.1 cm³/mol. The summed E-state index contributed by atoms with van der Waals surface area (Å²) in [6.07, 6.45) is 3.28. The van der Waals surface area contributed by atoms with Crippen molar-refractivity contribution < 1.29 is 10.2 Å². The van der Waals surface area contributed by atoms with Gasteiger partial charge in [0.05, 0.1) is 0 Å². The van der Waals surface area contributed by atoms with Crippen LogP contribution in [0.15, 0.2) is 12.0 Å². The van der Waals surface area contributed by atoms with Crippen molar-refractivity contribution in [3.05, 3.63) is 12.0 Å². The van der Waals surface area contributed by atoms with E-state index in [0.29, 0.717) is 0 Å². The standard InChI is InChI=1S/C6H10Br2O2/c7-3-1-2-5(8)4-6(9)10/h4-5,9-10H,1-3H2. The summed E-state index contributed by atoms with van der Waals surface area (Å²) in [5.74, 6) is -0.614. The molecule has 0 aromatic heterocycles. The Morgan fingerprint density at radius 3 is 2.50 bits per heavy atom. The van der Waals surface area contributed by atoms with Gasteiger partial charge >= 0.3 is 0 Å². The molecule has 2 N–H and O–H groups in total. The van der Waals surface area contributed by atoms with E-state index in [2.05, 4.69) is 31.9 Å². The minimum Gasteiger partial charge on any atom is -0.481 e. The molecule has 1 unspecified atom stereocenters. The van der Waals surface area contributed by atoms with E-state index >= 15 is 0 Å². The summed E-state index contributed by atoms with van der Waals surface area (Å²) in [5, 5.41) is 17.7. The Morgan fingerprint density at radius 1 is 1.50 bits per heavy atom. The van der Waals surface area contributed by atoms with E-state index in [4.69, 9.17) is 10.2 Å². The Morgan fingerprint density at radius 2 is 2.10 bits per heavy atom. The molecule has 1 atom stereocenters. The van der Waals surface area contributed by atoms with E-state index in [1.165, 1.54) is 6.08 Å². The zero-order chi connectivity index (χ0) is 7.98. The average molecular weight is 274 g/mol.